The Labute approximate surface area is 131 Å². The average molecular weight is 313 g/mol. The van der Waals surface area contributed by atoms with E-state index in [1.54, 1.807) is 4.68 Å². The van der Waals surface area contributed by atoms with Gasteiger partial charge in [0.1, 0.15) is 0 Å². The predicted octanol–water partition coefficient (Wildman–Crippen LogP) is 3.21. The molecule has 7 heteroatoms. The van der Waals surface area contributed by atoms with Crippen LogP contribution in [0.3, 0.4) is 0 Å². The zero-order valence-corrected chi connectivity index (χ0v) is 12.7. The summed E-state index contributed by atoms with van der Waals surface area (Å²) in [7, 11) is 0. The Morgan fingerprint density at radius 3 is 2.77 bits per heavy atom. The fourth-order valence-electron chi connectivity index (χ4n) is 2.31. The van der Waals surface area contributed by atoms with Gasteiger partial charge in [-0.05, 0) is 25.0 Å². The first-order chi connectivity index (χ1) is 10.9. The fraction of sp³-hybridized carbons (Fsp3) is 0.333. The highest BCUT2D eigenvalue weighted by Crippen LogP contribution is 2.36. The van der Waals surface area contributed by atoms with Gasteiger partial charge in [0.25, 0.3) is 5.22 Å². The highest BCUT2D eigenvalue weighted by molar-refractivity contribution is 7.98. The van der Waals surface area contributed by atoms with Gasteiger partial charge in [0.15, 0.2) is 0 Å². The largest absolute Gasteiger partial charge is 0.416 e. The molecule has 1 fully saturated rings. The number of thioether (sulfide) groups is 1. The molecule has 4 rings (SSSR count). The van der Waals surface area contributed by atoms with Crippen LogP contribution in [0.1, 0.15) is 36.8 Å². The Bertz CT molecular complexity index is 750. The molecule has 0 unspecified atom stereocenters. The molecule has 2 aromatic heterocycles. The lowest BCUT2D eigenvalue weighted by molar-refractivity contribution is 0.310. The summed E-state index contributed by atoms with van der Waals surface area (Å²) >= 11 is 1.50. The van der Waals surface area contributed by atoms with Crippen LogP contribution in [-0.2, 0) is 5.75 Å². The second-order valence-electron chi connectivity index (χ2n) is 5.31. The molecule has 0 atom stereocenters. The number of benzene rings is 1. The monoisotopic (exact) mass is 313 g/mol. The van der Waals surface area contributed by atoms with E-state index >= 15 is 0 Å². The molecule has 6 nitrogen and oxygen atoms in total. The smallest absolute Gasteiger partial charge is 0.276 e. The summed E-state index contributed by atoms with van der Waals surface area (Å²) in [6, 6.07) is 9.92. The average Bonchev–Trinajstić information content (AvgIpc) is 3.14. The van der Waals surface area contributed by atoms with Crippen molar-refractivity contribution in [3.63, 3.8) is 0 Å². The second kappa shape index (κ2) is 5.92. The minimum atomic E-state index is 0.473. The van der Waals surface area contributed by atoms with Gasteiger partial charge in [-0.2, -0.15) is 0 Å². The molecule has 0 amide bonds. The number of aromatic nitrogens is 5. The van der Waals surface area contributed by atoms with E-state index in [0.29, 0.717) is 16.9 Å². The minimum Gasteiger partial charge on any atom is -0.416 e. The summed E-state index contributed by atoms with van der Waals surface area (Å²) in [6.07, 6.45) is 5.51. The van der Waals surface area contributed by atoms with Crippen LogP contribution in [0.15, 0.2) is 46.2 Å². The predicted molar refractivity (Wildman–Crippen MR) is 81.8 cm³/mol. The molecular formula is C15H15N5OS. The van der Waals surface area contributed by atoms with Crippen LogP contribution in [0.25, 0.3) is 5.69 Å². The highest BCUT2D eigenvalue weighted by atomic mass is 32.2. The van der Waals surface area contributed by atoms with Crippen molar-refractivity contribution in [3.8, 4) is 5.69 Å². The van der Waals surface area contributed by atoms with Crippen molar-refractivity contribution in [1.82, 2.24) is 25.2 Å². The number of rotatable bonds is 5. The topological polar surface area (TPSA) is 69.6 Å². The molecule has 0 spiro atoms. The second-order valence-corrected chi connectivity index (χ2v) is 6.24. The van der Waals surface area contributed by atoms with Crippen molar-refractivity contribution < 1.29 is 4.42 Å². The maximum absolute atomic E-state index is 5.69. The minimum absolute atomic E-state index is 0.473. The first-order valence-electron chi connectivity index (χ1n) is 7.31. The molecule has 1 saturated carbocycles. The van der Waals surface area contributed by atoms with Gasteiger partial charge in [0.05, 0.1) is 17.6 Å². The molecule has 1 aromatic carbocycles. The number of hydrogen-bond acceptors (Lipinski definition) is 6. The Hall–Kier alpha value is -2.15. The molecule has 0 saturated heterocycles. The third kappa shape index (κ3) is 2.76. The van der Waals surface area contributed by atoms with Crippen molar-refractivity contribution in [2.45, 2.75) is 36.2 Å². The van der Waals surface area contributed by atoms with Crippen LogP contribution in [0.2, 0.25) is 0 Å². The van der Waals surface area contributed by atoms with Crippen LogP contribution in [0, 0.1) is 0 Å². The molecule has 0 bridgehead atoms. The summed E-state index contributed by atoms with van der Waals surface area (Å²) in [5.41, 5.74) is 1.88. The summed E-state index contributed by atoms with van der Waals surface area (Å²) in [5, 5.41) is 17.1. The van der Waals surface area contributed by atoms with E-state index in [9.17, 15) is 0 Å². The van der Waals surface area contributed by atoms with Gasteiger partial charge >= 0.3 is 0 Å². The third-order valence-corrected chi connectivity index (χ3v) is 4.63. The van der Waals surface area contributed by atoms with E-state index in [1.807, 2.05) is 36.5 Å². The van der Waals surface area contributed by atoms with Gasteiger partial charge in [-0.3, -0.25) is 0 Å². The Morgan fingerprint density at radius 1 is 1.14 bits per heavy atom. The molecule has 112 valence electrons. The zero-order valence-electron chi connectivity index (χ0n) is 11.9. The van der Waals surface area contributed by atoms with Crippen molar-refractivity contribution >= 4 is 11.8 Å². The maximum Gasteiger partial charge on any atom is 0.276 e. The fourth-order valence-corrected chi connectivity index (χ4v) is 2.95. The Morgan fingerprint density at radius 2 is 2.00 bits per heavy atom. The first-order valence-corrected chi connectivity index (χ1v) is 8.30. The number of hydrogen-bond donors (Lipinski definition) is 0. The van der Waals surface area contributed by atoms with Gasteiger partial charge < -0.3 is 4.42 Å². The number of nitrogens with zero attached hydrogens (tertiary/aromatic N) is 5. The lowest BCUT2D eigenvalue weighted by atomic mass is 9.85. The van der Waals surface area contributed by atoms with E-state index in [-0.39, 0.29) is 0 Å². The molecule has 0 N–H and O–H groups in total. The zero-order chi connectivity index (χ0) is 14.8. The summed E-state index contributed by atoms with van der Waals surface area (Å²) < 4.78 is 7.45. The Kier molecular flexibility index (Phi) is 3.64. The SMILES string of the molecule is c1ccc(-n2cc(CSc3nnc(C4CCC4)o3)nn2)cc1. The molecule has 1 aliphatic carbocycles. The number of para-hydroxylation sites is 1. The first kappa shape index (κ1) is 13.5. The van der Waals surface area contributed by atoms with Crippen LogP contribution in [0.5, 0.6) is 0 Å². The molecule has 1 aliphatic rings. The van der Waals surface area contributed by atoms with Crippen LogP contribution in [-0.4, -0.2) is 25.2 Å². The van der Waals surface area contributed by atoms with Crippen LogP contribution >= 0.6 is 11.8 Å². The van der Waals surface area contributed by atoms with Crippen molar-refractivity contribution in [2.75, 3.05) is 0 Å². The Balaban J connectivity index is 1.39. The van der Waals surface area contributed by atoms with Crippen molar-refractivity contribution in [3.05, 3.63) is 48.1 Å². The third-order valence-electron chi connectivity index (χ3n) is 3.78. The molecule has 0 radical (unpaired) electrons. The normalized spacial score (nSPS) is 14.9. The molecule has 3 aromatic rings. The van der Waals surface area contributed by atoms with Crippen molar-refractivity contribution in [2.24, 2.45) is 0 Å². The van der Waals surface area contributed by atoms with Crippen molar-refractivity contribution in [1.29, 1.82) is 0 Å². The van der Waals surface area contributed by atoms with Crippen LogP contribution < -0.4 is 0 Å². The van der Waals surface area contributed by atoms with E-state index in [0.717, 1.165) is 30.1 Å². The van der Waals surface area contributed by atoms with E-state index in [2.05, 4.69) is 20.5 Å². The lowest BCUT2D eigenvalue weighted by Gasteiger charge is -2.20. The lowest BCUT2D eigenvalue weighted by Crippen LogP contribution is -2.08. The van der Waals surface area contributed by atoms with Gasteiger partial charge in [0, 0.05) is 11.7 Å². The molecular weight excluding hydrogens is 298 g/mol. The quantitative estimate of drug-likeness (QED) is 0.674. The van der Waals surface area contributed by atoms with E-state index in [4.69, 9.17) is 4.42 Å². The maximum atomic E-state index is 5.69. The van der Waals surface area contributed by atoms with Gasteiger partial charge in [-0.1, -0.05) is 41.6 Å². The molecule has 22 heavy (non-hydrogen) atoms. The van der Waals surface area contributed by atoms with Crippen LogP contribution in [0.4, 0.5) is 0 Å². The molecule has 0 aliphatic heterocycles. The summed E-state index contributed by atoms with van der Waals surface area (Å²) in [4.78, 5) is 0. The standard InChI is InChI=1S/C15H15N5OS/c1-2-7-13(8-3-1)20-9-12(16-19-20)10-22-15-18-17-14(21-15)11-5-4-6-11/h1-3,7-9,11H,4-6,10H2. The van der Waals surface area contributed by atoms with E-state index < -0.39 is 0 Å². The van der Waals surface area contributed by atoms with Gasteiger partial charge in [-0.25, -0.2) is 4.68 Å². The summed E-state index contributed by atoms with van der Waals surface area (Å²) in [6.45, 7) is 0. The van der Waals surface area contributed by atoms with Gasteiger partial charge in [-0.15, -0.1) is 15.3 Å². The summed E-state index contributed by atoms with van der Waals surface area (Å²) in [5.74, 6) is 1.92. The van der Waals surface area contributed by atoms with E-state index in [1.165, 1.54) is 18.2 Å². The van der Waals surface area contributed by atoms with Gasteiger partial charge in [0.2, 0.25) is 5.89 Å². The molecule has 2 heterocycles. The highest BCUT2D eigenvalue weighted by Gasteiger charge is 2.25.